The highest BCUT2D eigenvalue weighted by Crippen LogP contribution is 2.23. The van der Waals surface area contributed by atoms with Gasteiger partial charge in [-0.2, -0.15) is 0 Å². The van der Waals surface area contributed by atoms with E-state index in [-0.39, 0.29) is 10.5 Å². The highest BCUT2D eigenvalue weighted by Gasteiger charge is 2.08. The van der Waals surface area contributed by atoms with Crippen LogP contribution in [0.25, 0.3) is 0 Å². The monoisotopic (exact) mass is 161 g/mol. The summed E-state index contributed by atoms with van der Waals surface area (Å²) in [5.41, 5.74) is -0.0710. The van der Waals surface area contributed by atoms with E-state index in [9.17, 15) is 8.78 Å². The molecule has 0 atom stereocenters. The molecule has 1 heterocycles. The lowest BCUT2D eigenvalue weighted by Gasteiger charge is -1.99. The van der Waals surface area contributed by atoms with E-state index in [0.717, 1.165) is 0 Å². The Hall–Kier alpha value is -0.640. The van der Waals surface area contributed by atoms with Crippen LogP contribution in [0.1, 0.15) is 12.0 Å². The van der Waals surface area contributed by atoms with Crippen LogP contribution in [0.15, 0.2) is 23.4 Å². The fourth-order valence-electron chi connectivity index (χ4n) is 0.581. The lowest BCUT2D eigenvalue weighted by Crippen LogP contribution is -1.86. The molecule has 0 fully saturated rings. The molecule has 4 heteroatoms. The molecule has 0 unspecified atom stereocenters. The van der Waals surface area contributed by atoms with Crippen LogP contribution in [-0.2, 0) is 0 Å². The van der Waals surface area contributed by atoms with Gasteiger partial charge in [-0.25, -0.2) is 8.78 Å². The molecule has 0 N–H and O–H groups in total. The summed E-state index contributed by atoms with van der Waals surface area (Å²) in [5, 5.41) is 0. The molecule has 0 aliphatic rings. The van der Waals surface area contributed by atoms with Gasteiger partial charge >= 0.3 is 0 Å². The van der Waals surface area contributed by atoms with Crippen molar-refractivity contribution >= 4 is 12.6 Å². The van der Waals surface area contributed by atoms with Gasteiger partial charge < -0.3 is 0 Å². The van der Waals surface area contributed by atoms with Gasteiger partial charge in [-0.05, 0) is 6.07 Å². The first-order valence-corrected chi connectivity index (χ1v) is 3.07. The van der Waals surface area contributed by atoms with Crippen molar-refractivity contribution in [2.45, 2.75) is 11.3 Å². The number of alkyl halides is 2. The molecule has 0 radical (unpaired) electrons. The fourth-order valence-corrected chi connectivity index (χ4v) is 0.820. The van der Waals surface area contributed by atoms with Crippen LogP contribution in [0, 0.1) is 0 Å². The van der Waals surface area contributed by atoms with Gasteiger partial charge in [-0.3, -0.25) is 4.98 Å². The summed E-state index contributed by atoms with van der Waals surface area (Å²) in [6.07, 6.45) is 0.154. The fraction of sp³-hybridized carbons (Fsp3) is 0.167. The van der Waals surface area contributed by atoms with Gasteiger partial charge in [0, 0.05) is 22.9 Å². The lowest BCUT2D eigenvalue weighted by atomic mass is 10.3. The number of aromatic nitrogens is 1. The Morgan fingerprint density at radius 1 is 1.50 bits per heavy atom. The molecular weight excluding hydrogens is 156 g/mol. The normalized spacial score (nSPS) is 10.4. The minimum atomic E-state index is -2.46. The number of hydrogen-bond acceptors (Lipinski definition) is 2. The van der Waals surface area contributed by atoms with Crippen LogP contribution >= 0.6 is 12.6 Å². The van der Waals surface area contributed by atoms with Gasteiger partial charge in [-0.1, -0.05) is 0 Å². The molecule has 1 nitrogen and oxygen atoms in total. The third kappa shape index (κ3) is 1.44. The van der Waals surface area contributed by atoms with Crippen molar-refractivity contribution in [2.75, 3.05) is 0 Å². The molecule has 1 aromatic rings. The van der Waals surface area contributed by atoms with Crippen molar-refractivity contribution in [2.24, 2.45) is 0 Å². The summed E-state index contributed by atoms with van der Waals surface area (Å²) in [4.78, 5) is 3.85. The van der Waals surface area contributed by atoms with Crippen molar-refractivity contribution in [1.82, 2.24) is 4.98 Å². The van der Waals surface area contributed by atoms with E-state index in [1.807, 2.05) is 0 Å². The minimum absolute atomic E-state index is 0.0710. The maximum absolute atomic E-state index is 12.0. The molecule has 54 valence electrons. The average molecular weight is 161 g/mol. The summed E-state index contributed by atoms with van der Waals surface area (Å²) in [6, 6.07) is 1.26. The zero-order chi connectivity index (χ0) is 7.56. The standard InChI is InChI=1S/C6H5F2NS/c7-6(8)4-1-2-9-3-5(4)10/h1-3,6,10H. The van der Waals surface area contributed by atoms with E-state index in [2.05, 4.69) is 17.6 Å². The van der Waals surface area contributed by atoms with Gasteiger partial charge in [0.2, 0.25) is 0 Å². The van der Waals surface area contributed by atoms with Gasteiger partial charge in [0.05, 0.1) is 0 Å². The molecule has 0 amide bonds. The topological polar surface area (TPSA) is 12.9 Å². The summed E-state index contributed by atoms with van der Waals surface area (Å²) >= 11 is 3.79. The van der Waals surface area contributed by atoms with Gasteiger partial charge in [0.1, 0.15) is 0 Å². The number of halogens is 2. The molecule has 0 saturated heterocycles. The Bertz CT molecular complexity index is 227. The van der Waals surface area contributed by atoms with Crippen molar-refractivity contribution in [3.63, 3.8) is 0 Å². The van der Waals surface area contributed by atoms with Crippen LogP contribution in [-0.4, -0.2) is 4.98 Å². The molecule has 0 saturated carbocycles. The molecule has 0 aliphatic heterocycles. The Balaban J connectivity index is 3.03. The number of pyridine rings is 1. The molecule has 1 aromatic heterocycles. The maximum atomic E-state index is 12.0. The number of nitrogens with zero attached hydrogens (tertiary/aromatic N) is 1. The summed E-state index contributed by atoms with van der Waals surface area (Å²) in [7, 11) is 0. The second-order valence-corrected chi connectivity index (χ2v) is 2.22. The van der Waals surface area contributed by atoms with Crippen LogP contribution < -0.4 is 0 Å². The largest absolute Gasteiger partial charge is 0.265 e. The summed E-state index contributed by atoms with van der Waals surface area (Å²) in [6.45, 7) is 0. The van der Waals surface area contributed by atoms with Gasteiger partial charge in [-0.15, -0.1) is 12.6 Å². The smallest absolute Gasteiger partial charge is 0.264 e. The maximum Gasteiger partial charge on any atom is 0.265 e. The Morgan fingerprint density at radius 2 is 2.20 bits per heavy atom. The molecule has 0 bridgehead atoms. The highest BCUT2D eigenvalue weighted by atomic mass is 32.1. The van der Waals surface area contributed by atoms with E-state index >= 15 is 0 Å². The molecule has 0 spiro atoms. The third-order valence-electron chi connectivity index (χ3n) is 1.07. The first-order valence-electron chi connectivity index (χ1n) is 2.63. The van der Waals surface area contributed by atoms with Crippen molar-refractivity contribution in [1.29, 1.82) is 0 Å². The Kier molecular flexibility index (Phi) is 2.21. The Labute approximate surface area is 62.5 Å². The van der Waals surface area contributed by atoms with Crippen LogP contribution in [0.4, 0.5) is 8.78 Å². The predicted molar refractivity (Wildman–Crippen MR) is 36.4 cm³/mol. The quantitative estimate of drug-likeness (QED) is 0.623. The number of rotatable bonds is 1. The average Bonchev–Trinajstić information content (AvgIpc) is 1.88. The predicted octanol–water partition coefficient (Wildman–Crippen LogP) is 2.31. The van der Waals surface area contributed by atoms with Crippen LogP contribution in [0.2, 0.25) is 0 Å². The van der Waals surface area contributed by atoms with E-state index in [1.165, 1.54) is 18.5 Å². The highest BCUT2D eigenvalue weighted by molar-refractivity contribution is 7.80. The third-order valence-corrected chi connectivity index (χ3v) is 1.44. The Morgan fingerprint density at radius 3 is 2.60 bits per heavy atom. The van der Waals surface area contributed by atoms with Crippen molar-refractivity contribution in [3.8, 4) is 0 Å². The SMILES string of the molecule is FC(F)c1ccncc1S. The first-order chi connectivity index (χ1) is 4.72. The van der Waals surface area contributed by atoms with E-state index in [4.69, 9.17) is 0 Å². The van der Waals surface area contributed by atoms with E-state index in [1.54, 1.807) is 0 Å². The van der Waals surface area contributed by atoms with Crippen molar-refractivity contribution < 1.29 is 8.78 Å². The lowest BCUT2D eigenvalue weighted by molar-refractivity contribution is 0.148. The molecule has 10 heavy (non-hydrogen) atoms. The van der Waals surface area contributed by atoms with Crippen LogP contribution in [0.5, 0.6) is 0 Å². The summed E-state index contributed by atoms with van der Waals surface area (Å²) in [5.74, 6) is 0. The van der Waals surface area contributed by atoms with Gasteiger partial charge in [0.25, 0.3) is 6.43 Å². The minimum Gasteiger partial charge on any atom is -0.264 e. The number of thiol groups is 1. The first kappa shape index (κ1) is 7.47. The van der Waals surface area contributed by atoms with E-state index < -0.39 is 6.43 Å². The zero-order valence-corrected chi connectivity index (χ0v) is 5.85. The summed E-state index contributed by atoms with van der Waals surface area (Å²) < 4.78 is 23.9. The van der Waals surface area contributed by atoms with Crippen LogP contribution in [0.3, 0.4) is 0 Å². The molecule has 0 aliphatic carbocycles. The molecule has 0 aromatic carbocycles. The number of hydrogen-bond donors (Lipinski definition) is 1. The molecular formula is C6H5F2NS. The zero-order valence-electron chi connectivity index (χ0n) is 4.96. The van der Waals surface area contributed by atoms with Crippen molar-refractivity contribution in [3.05, 3.63) is 24.0 Å². The second-order valence-electron chi connectivity index (χ2n) is 1.74. The second kappa shape index (κ2) is 2.96. The van der Waals surface area contributed by atoms with E-state index in [0.29, 0.717) is 0 Å². The van der Waals surface area contributed by atoms with Gasteiger partial charge in [0.15, 0.2) is 0 Å². The molecule has 1 rings (SSSR count).